The van der Waals surface area contributed by atoms with Gasteiger partial charge in [0.05, 0.1) is 17.2 Å². The van der Waals surface area contributed by atoms with E-state index in [1.807, 2.05) is 13.8 Å². The summed E-state index contributed by atoms with van der Waals surface area (Å²) in [6.07, 6.45) is 1.62. The van der Waals surface area contributed by atoms with Gasteiger partial charge in [0.2, 0.25) is 11.8 Å². The molecule has 0 aromatic heterocycles. The largest absolute Gasteiger partial charge is 0.494 e. The van der Waals surface area contributed by atoms with Crippen molar-refractivity contribution in [3.63, 3.8) is 0 Å². The minimum absolute atomic E-state index is 0.145. The van der Waals surface area contributed by atoms with Crippen molar-refractivity contribution in [1.29, 1.82) is 0 Å². The number of halogens is 3. The molecule has 3 rings (SSSR count). The van der Waals surface area contributed by atoms with Crippen molar-refractivity contribution < 1.29 is 27.1 Å². The zero-order valence-electron chi connectivity index (χ0n) is 23.6. The Hall–Kier alpha value is -3.34. The van der Waals surface area contributed by atoms with Gasteiger partial charge in [-0.1, -0.05) is 42.6 Å². The lowest BCUT2D eigenvalue weighted by atomic mass is 10.1. The molecule has 0 spiro atoms. The Bertz CT molecular complexity index is 1450. The highest BCUT2D eigenvalue weighted by atomic mass is 35.5. The summed E-state index contributed by atoms with van der Waals surface area (Å²) in [7, 11) is -4.35. The SMILES string of the molecule is CCCCNC(=O)[C@H](C)N(Cc1c(Cl)cccc1Cl)C(=O)CN(c1ccc(OCC)cc1)S(=O)(=O)c1ccc(F)cc1. The summed E-state index contributed by atoms with van der Waals surface area (Å²) in [5.74, 6) is -1.18. The van der Waals surface area contributed by atoms with Gasteiger partial charge in [0.1, 0.15) is 24.2 Å². The molecular formula is C30H34Cl2FN3O5S. The van der Waals surface area contributed by atoms with E-state index in [-0.39, 0.29) is 17.1 Å². The highest BCUT2D eigenvalue weighted by Gasteiger charge is 2.33. The van der Waals surface area contributed by atoms with E-state index in [1.54, 1.807) is 37.3 Å². The van der Waals surface area contributed by atoms with Crippen LogP contribution in [0.5, 0.6) is 5.75 Å². The van der Waals surface area contributed by atoms with E-state index in [1.165, 1.54) is 17.0 Å². The number of sulfonamides is 1. The highest BCUT2D eigenvalue weighted by Crippen LogP contribution is 2.29. The number of rotatable bonds is 14. The second-order valence-electron chi connectivity index (χ2n) is 9.43. The number of hydrogen-bond donors (Lipinski definition) is 1. The second-order valence-corrected chi connectivity index (χ2v) is 12.1. The molecule has 0 radical (unpaired) electrons. The number of amides is 2. The van der Waals surface area contributed by atoms with E-state index in [2.05, 4.69) is 5.32 Å². The fraction of sp³-hybridized carbons (Fsp3) is 0.333. The van der Waals surface area contributed by atoms with Crippen molar-refractivity contribution in [2.24, 2.45) is 0 Å². The van der Waals surface area contributed by atoms with Gasteiger partial charge in [0.25, 0.3) is 10.0 Å². The molecule has 1 N–H and O–H groups in total. The average molecular weight is 639 g/mol. The van der Waals surface area contributed by atoms with Crippen LogP contribution < -0.4 is 14.4 Å². The van der Waals surface area contributed by atoms with Crippen LogP contribution in [0.4, 0.5) is 10.1 Å². The van der Waals surface area contributed by atoms with E-state index >= 15 is 0 Å². The lowest BCUT2D eigenvalue weighted by Gasteiger charge is -2.32. The number of nitrogens with zero attached hydrogens (tertiary/aromatic N) is 2. The quantitative estimate of drug-likeness (QED) is 0.217. The number of hydrogen-bond acceptors (Lipinski definition) is 5. The molecule has 8 nitrogen and oxygen atoms in total. The number of ether oxygens (including phenoxy) is 1. The van der Waals surface area contributed by atoms with Crippen LogP contribution in [0.25, 0.3) is 0 Å². The lowest BCUT2D eigenvalue weighted by molar-refractivity contribution is -0.139. The Morgan fingerprint density at radius 1 is 0.976 bits per heavy atom. The summed E-state index contributed by atoms with van der Waals surface area (Å²) in [5, 5.41) is 3.40. The third-order valence-electron chi connectivity index (χ3n) is 6.50. The first-order valence-corrected chi connectivity index (χ1v) is 15.7. The molecule has 0 fully saturated rings. The van der Waals surface area contributed by atoms with Gasteiger partial charge in [0, 0.05) is 28.7 Å². The molecule has 0 aliphatic carbocycles. The molecule has 2 amide bonds. The number of benzene rings is 3. The Kier molecular flexibility index (Phi) is 12.0. The molecule has 42 heavy (non-hydrogen) atoms. The molecule has 0 unspecified atom stereocenters. The van der Waals surface area contributed by atoms with Crippen LogP contribution in [0.1, 0.15) is 39.2 Å². The number of nitrogens with one attached hydrogen (secondary N) is 1. The Labute approximate surface area is 256 Å². The highest BCUT2D eigenvalue weighted by molar-refractivity contribution is 7.92. The van der Waals surface area contributed by atoms with Crippen molar-refractivity contribution in [2.45, 2.75) is 51.1 Å². The molecule has 0 heterocycles. The Morgan fingerprint density at radius 2 is 1.60 bits per heavy atom. The van der Waals surface area contributed by atoms with Crippen LogP contribution in [0.15, 0.2) is 71.6 Å². The maximum absolute atomic E-state index is 14.0. The summed E-state index contributed by atoms with van der Waals surface area (Å²) < 4.78 is 47.7. The fourth-order valence-electron chi connectivity index (χ4n) is 4.11. The predicted octanol–water partition coefficient (Wildman–Crippen LogP) is 6.06. The standard InChI is InChI=1S/C30H34Cl2FN3O5S/c1-4-6-18-34-30(38)21(3)35(19-26-27(31)8-7-9-28(26)32)29(37)20-36(23-12-14-24(15-13-23)41-5-2)42(39,40)25-16-10-22(33)11-17-25/h7-17,21H,4-6,18-20H2,1-3H3,(H,34,38)/t21-/m0/s1. The van der Waals surface area contributed by atoms with Crippen LogP contribution in [0.3, 0.4) is 0 Å². The smallest absolute Gasteiger partial charge is 0.264 e. The van der Waals surface area contributed by atoms with Gasteiger partial charge in [-0.05, 0) is 80.9 Å². The van der Waals surface area contributed by atoms with E-state index in [9.17, 15) is 22.4 Å². The van der Waals surface area contributed by atoms with Gasteiger partial charge in [-0.15, -0.1) is 0 Å². The maximum Gasteiger partial charge on any atom is 0.264 e. The van der Waals surface area contributed by atoms with E-state index in [0.717, 1.165) is 41.4 Å². The average Bonchev–Trinajstić information content (AvgIpc) is 2.96. The van der Waals surface area contributed by atoms with Gasteiger partial charge < -0.3 is 15.0 Å². The van der Waals surface area contributed by atoms with Crippen LogP contribution in [0, 0.1) is 5.82 Å². The molecule has 0 saturated carbocycles. The zero-order chi connectivity index (χ0) is 30.9. The minimum atomic E-state index is -4.35. The van der Waals surface area contributed by atoms with Crippen molar-refractivity contribution in [3.05, 3.63) is 88.2 Å². The fourth-order valence-corrected chi connectivity index (χ4v) is 6.04. The number of anilines is 1. The molecule has 226 valence electrons. The molecule has 12 heteroatoms. The van der Waals surface area contributed by atoms with Crippen molar-refractivity contribution in [3.8, 4) is 5.75 Å². The second kappa shape index (κ2) is 15.2. The lowest BCUT2D eigenvalue weighted by Crippen LogP contribution is -2.51. The molecule has 3 aromatic rings. The summed E-state index contributed by atoms with van der Waals surface area (Å²) in [6.45, 7) is 5.38. The molecule has 0 bridgehead atoms. The minimum Gasteiger partial charge on any atom is -0.494 e. The van der Waals surface area contributed by atoms with E-state index in [0.29, 0.717) is 34.5 Å². The molecular weight excluding hydrogens is 604 g/mol. The third-order valence-corrected chi connectivity index (χ3v) is 9.00. The summed E-state index contributed by atoms with van der Waals surface area (Å²) in [4.78, 5) is 28.1. The molecule has 1 atom stereocenters. The monoisotopic (exact) mass is 637 g/mol. The van der Waals surface area contributed by atoms with Crippen molar-refractivity contribution in [2.75, 3.05) is 24.0 Å². The first-order chi connectivity index (χ1) is 20.0. The summed E-state index contributed by atoms with van der Waals surface area (Å²) in [6, 6.07) is 14.4. The Morgan fingerprint density at radius 3 is 2.17 bits per heavy atom. The van der Waals surface area contributed by atoms with Crippen molar-refractivity contribution in [1.82, 2.24) is 10.2 Å². The van der Waals surface area contributed by atoms with Gasteiger partial charge in [-0.2, -0.15) is 0 Å². The van der Waals surface area contributed by atoms with Crippen LogP contribution >= 0.6 is 23.2 Å². The van der Waals surface area contributed by atoms with Crippen LogP contribution in [0.2, 0.25) is 10.0 Å². The topological polar surface area (TPSA) is 96.0 Å². The summed E-state index contributed by atoms with van der Waals surface area (Å²) in [5.41, 5.74) is 0.586. The van der Waals surface area contributed by atoms with Gasteiger partial charge >= 0.3 is 0 Å². The van der Waals surface area contributed by atoms with E-state index < -0.39 is 40.2 Å². The molecule has 0 aliphatic heterocycles. The molecule has 0 saturated heterocycles. The predicted molar refractivity (Wildman–Crippen MR) is 163 cm³/mol. The Balaban J connectivity index is 2.04. The number of carbonyl (C=O) groups is 2. The van der Waals surface area contributed by atoms with E-state index in [4.69, 9.17) is 27.9 Å². The van der Waals surface area contributed by atoms with Gasteiger partial charge in [-0.3, -0.25) is 13.9 Å². The van der Waals surface area contributed by atoms with Gasteiger partial charge in [-0.25, -0.2) is 12.8 Å². The number of carbonyl (C=O) groups excluding carboxylic acids is 2. The first-order valence-electron chi connectivity index (χ1n) is 13.5. The maximum atomic E-state index is 14.0. The zero-order valence-corrected chi connectivity index (χ0v) is 26.0. The molecule has 3 aromatic carbocycles. The summed E-state index contributed by atoms with van der Waals surface area (Å²) >= 11 is 12.8. The normalized spacial score (nSPS) is 12.0. The van der Waals surface area contributed by atoms with Crippen LogP contribution in [-0.2, 0) is 26.2 Å². The van der Waals surface area contributed by atoms with Gasteiger partial charge in [0.15, 0.2) is 0 Å². The van der Waals surface area contributed by atoms with Crippen LogP contribution in [-0.4, -0.2) is 50.9 Å². The third kappa shape index (κ3) is 8.36. The number of unbranched alkanes of at least 4 members (excludes halogenated alkanes) is 1. The first kappa shape index (κ1) is 33.2. The molecule has 0 aliphatic rings. The van der Waals surface area contributed by atoms with Crippen molar-refractivity contribution >= 4 is 50.7 Å².